The second-order valence-electron chi connectivity index (χ2n) is 3.92. The molecule has 3 rings (SSSR count). The Kier molecular flexibility index (Phi) is 2.03. The summed E-state index contributed by atoms with van der Waals surface area (Å²) in [6, 6.07) is 4.06. The maximum absolute atomic E-state index is 4.30. The van der Waals surface area contributed by atoms with Gasteiger partial charge in [-0.25, -0.2) is 4.98 Å². The average Bonchev–Trinajstić information content (AvgIpc) is 2.74. The highest BCUT2D eigenvalue weighted by atomic mass is 14.9. The number of aromatic amines is 1. The zero-order valence-electron chi connectivity index (χ0n) is 9.12. The average molecular weight is 211 g/mol. The van der Waals surface area contributed by atoms with Crippen LogP contribution in [-0.4, -0.2) is 16.5 Å². The summed E-state index contributed by atoms with van der Waals surface area (Å²) < 4.78 is 0. The van der Waals surface area contributed by atoms with E-state index >= 15 is 0 Å². The SMILES string of the molecule is CC1=C(c2c[nH]c3ncccc23)C=CCN1. The molecule has 2 N–H and O–H groups in total. The Balaban J connectivity index is 2.23. The fourth-order valence-corrected chi connectivity index (χ4v) is 2.08. The summed E-state index contributed by atoms with van der Waals surface area (Å²) >= 11 is 0. The van der Waals surface area contributed by atoms with E-state index in [1.807, 2.05) is 12.3 Å². The van der Waals surface area contributed by atoms with Gasteiger partial charge in [-0.3, -0.25) is 0 Å². The standard InChI is InChI=1S/C13H13N3/c1-9-10(4-2-6-14-9)12-8-16-13-11(12)5-3-7-15-13/h2-5,7-8,14H,6H2,1H3,(H,15,16). The van der Waals surface area contributed by atoms with Gasteiger partial charge in [0.1, 0.15) is 5.65 Å². The Morgan fingerprint density at radius 1 is 1.38 bits per heavy atom. The number of H-pyrrole nitrogens is 1. The number of hydrogen-bond acceptors (Lipinski definition) is 2. The van der Waals surface area contributed by atoms with Crippen LogP contribution in [0.4, 0.5) is 0 Å². The second kappa shape index (κ2) is 3.52. The molecule has 0 radical (unpaired) electrons. The zero-order valence-corrected chi connectivity index (χ0v) is 9.12. The third-order valence-electron chi connectivity index (χ3n) is 2.91. The van der Waals surface area contributed by atoms with Gasteiger partial charge in [-0.15, -0.1) is 0 Å². The summed E-state index contributed by atoms with van der Waals surface area (Å²) in [7, 11) is 0. The van der Waals surface area contributed by atoms with Crippen LogP contribution in [0.1, 0.15) is 12.5 Å². The van der Waals surface area contributed by atoms with Crippen LogP contribution in [0, 0.1) is 0 Å². The number of dihydropyridines is 1. The Morgan fingerprint density at radius 3 is 3.19 bits per heavy atom. The topological polar surface area (TPSA) is 40.7 Å². The maximum atomic E-state index is 4.30. The number of nitrogens with zero attached hydrogens (tertiary/aromatic N) is 1. The van der Waals surface area contributed by atoms with Crippen molar-refractivity contribution in [1.29, 1.82) is 0 Å². The van der Waals surface area contributed by atoms with E-state index in [0.29, 0.717) is 0 Å². The van der Waals surface area contributed by atoms with Crippen LogP contribution < -0.4 is 5.32 Å². The van der Waals surface area contributed by atoms with Crippen LogP contribution in [0.25, 0.3) is 16.6 Å². The summed E-state index contributed by atoms with van der Waals surface area (Å²) in [5.41, 5.74) is 4.61. The predicted molar refractivity (Wildman–Crippen MR) is 65.8 cm³/mol. The Labute approximate surface area is 93.9 Å². The van der Waals surface area contributed by atoms with Crippen molar-refractivity contribution in [3.63, 3.8) is 0 Å². The molecule has 1 aliphatic rings. The molecule has 3 nitrogen and oxygen atoms in total. The third-order valence-corrected chi connectivity index (χ3v) is 2.91. The van der Waals surface area contributed by atoms with Crippen molar-refractivity contribution in [3.05, 3.63) is 47.9 Å². The lowest BCUT2D eigenvalue weighted by molar-refractivity contribution is 0.897. The van der Waals surface area contributed by atoms with E-state index in [4.69, 9.17) is 0 Å². The van der Waals surface area contributed by atoms with Crippen molar-refractivity contribution in [3.8, 4) is 0 Å². The fraction of sp³-hybridized carbons (Fsp3) is 0.154. The van der Waals surface area contributed by atoms with Gasteiger partial charge in [0, 0.05) is 41.2 Å². The molecule has 0 fully saturated rings. The second-order valence-corrected chi connectivity index (χ2v) is 3.92. The van der Waals surface area contributed by atoms with Crippen LogP contribution >= 0.6 is 0 Å². The van der Waals surface area contributed by atoms with Crippen LogP contribution in [-0.2, 0) is 0 Å². The first-order valence-corrected chi connectivity index (χ1v) is 5.40. The maximum Gasteiger partial charge on any atom is 0.137 e. The number of aromatic nitrogens is 2. The molecule has 0 unspecified atom stereocenters. The quantitative estimate of drug-likeness (QED) is 0.760. The van der Waals surface area contributed by atoms with E-state index < -0.39 is 0 Å². The van der Waals surface area contributed by atoms with Crippen molar-refractivity contribution in [1.82, 2.24) is 15.3 Å². The van der Waals surface area contributed by atoms with Gasteiger partial charge < -0.3 is 10.3 Å². The number of allylic oxidation sites excluding steroid dienone is 3. The third kappa shape index (κ3) is 1.33. The lowest BCUT2D eigenvalue weighted by Gasteiger charge is -2.13. The highest BCUT2D eigenvalue weighted by Crippen LogP contribution is 2.27. The zero-order chi connectivity index (χ0) is 11.0. The molecule has 0 bridgehead atoms. The van der Waals surface area contributed by atoms with Gasteiger partial charge in [0.2, 0.25) is 0 Å². The van der Waals surface area contributed by atoms with E-state index in [2.05, 4.69) is 40.4 Å². The molecule has 2 aromatic heterocycles. The van der Waals surface area contributed by atoms with E-state index in [9.17, 15) is 0 Å². The molecule has 0 aromatic carbocycles. The number of nitrogens with one attached hydrogen (secondary N) is 2. The molecule has 3 heterocycles. The van der Waals surface area contributed by atoms with Crippen LogP contribution in [0.3, 0.4) is 0 Å². The van der Waals surface area contributed by atoms with Gasteiger partial charge in [0.25, 0.3) is 0 Å². The minimum Gasteiger partial charge on any atom is -0.385 e. The number of pyridine rings is 1. The van der Waals surface area contributed by atoms with Gasteiger partial charge in [-0.05, 0) is 19.1 Å². The number of rotatable bonds is 1. The van der Waals surface area contributed by atoms with Crippen molar-refractivity contribution in [2.75, 3.05) is 6.54 Å². The highest BCUT2D eigenvalue weighted by molar-refractivity contribution is 5.94. The minimum absolute atomic E-state index is 0.913. The summed E-state index contributed by atoms with van der Waals surface area (Å²) in [6.07, 6.45) is 8.13. The molecule has 0 aliphatic carbocycles. The van der Waals surface area contributed by atoms with Crippen molar-refractivity contribution >= 4 is 16.6 Å². The van der Waals surface area contributed by atoms with Crippen LogP contribution in [0.2, 0.25) is 0 Å². The largest absolute Gasteiger partial charge is 0.385 e. The summed E-state index contributed by atoms with van der Waals surface area (Å²) in [5.74, 6) is 0. The first-order valence-electron chi connectivity index (χ1n) is 5.40. The lowest BCUT2D eigenvalue weighted by atomic mass is 10.0. The molecule has 1 aliphatic heterocycles. The van der Waals surface area contributed by atoms with Gasteiger partial charge in [-0.1, -0.05) is 12.2 Å². The predicted octanol–water partition coefficient (Wildman–Crippen LogP) is 2.45. The van der Waals surface area contributed by atoms with Crippen LogP contribution in [0.15, 0.2) is 42.4 Å². The smallest absolute Gasteiger partial charge is 0.137 e. The molecule has 80 valence electrons. The van der Waals surface area contributed by atoms with Crippen molar-refractivity contribution in [2.45, 2.75) is 6.92 Å². The van der Waals surface area contributed by atoms with E-state index in [1.54, 1.807) is 6.20 Å². The van der Waals surface area contributed by atoms with E-state index in [-0.39, 0.29) is 0 Å². The Bertz CT molecular complexity index is 590. The Hall–Kier alpha value is -2.03. The number of fused-ring (bicyclic) bond motifs is 1. The molecule has 2 aromatic rings. The van der Waals surface area contributed by atoms with Gasteiger partial charge >= 0.3 is 0 Å². The van der Waals surface area contributed by atoms with Gasteiger partial charge in [0.05, 0.1) is 0 Å². The van der Waals surface area contributed by atoms with Crippen LogP contribution in [0.5, 0.6) is 0 Å². The summed E-state index contributed by atoms with van der Waals surface area (Å²) in [4.78, 5) is 7.50. The summed E-state index contributed by atoms with van der Waals surface area (Å²) in [6.45, 7) is 3.02. The van der Waals surface area contributed by atoms with Gasteiger partial charge in [-0.2, -0.15) is 0 Å². The van der Waals surface area contributed by atoms with Crippen molar-refractivity contribution in [2.24, 2.45) is 0 Å². The molecule has 0 atom stereocenters. The minimum atomic E-state index is 0.913. The molecule has 16 heavy (non-hydrogen) atoms. The van der Waals surface area contributed by atoms with E-state index in [0.717, 1.165) is 12.2 Å². The fourth-order valence-electron chi connectivity index (χ4n) is 2.08. The summed E-state index contributed by atoms with van der Waals surface area (Å²) in [5, 5.41) is 4.52. The lowest BCUT2D eigenvalue weighted by Crippen LogP contribution is -2.15. The molecule has 0 spiro atoms. The molecule has 3 heteroatoms. The molecular formula is C13H13N3. The molecular weight excluding hydrogens is 198 g/mol. The molecule has 0 saturated carbocycles. The highest BCUT2D eigenvalue weighted by Gasteiger charge is 2.11. The van der Waals surface area contributed by atoms with E-state index in [1.165, 1.54) is 22.2 Å². The first-order chi connectivity index (χ1) is 7.86. The normalized spacial score (nSPS) is 15.6. The first kappa shape index (κ1) is 9.21. The molecule has 0 saturated heterocycles. The van der Waals surface area contributed by atoms with Crippen molar-refractivity contribution < 1.29 is 0 Å². The van der Waals surface area contributed by atoms with Gasteiger partial charge in [0.15, 0.2) is 0 Å². The Morgan fingerprint density at radius 2 is 2.31 bits per heavy atom. The molecule has 0 amide bonds. The number of hydrogen-bond donors (Lipinski definition) is 2. The monoisotopic (exact) mass is 211 g/mol.